The number of rotatable bonds is 2. The average Bonchev–Trinajstić information content (AvgIpc) is 2.93. The molecule has 7 aliphatic rings. The molecule has 7 nitrogen and oxygen atoms in total. The molecule has 5 aliphatic carbocycles. The van der Waals surface area contributed by atoms with Crippen LogP contribution in [0.15, 0.2) is 12.2 Å². The molecule has 4 bridgehead atoms. The van der Waals surface area contributed by atoms with E-state index >= 15 is 0 Å². The number of hydrogen-bond acceptors (Lipinski definition) is 7. The number of Topliss-reactive ketones (excluding diaryl/α,β-unsaturated/α-hetero) is 2. The average molecular weight is 487 g/mol. The van der Waals surface area contributed by atoms with E-state index in [1.54, 1.807) is 0 Å². The normalized spacial score (nSPS) is 52.1. The molecule has 5 saturated carbocycles. The molecule has 0 radical (unpaired) electrons. The van der Waals surface area contributed by atoms with Crippen LogP contribution in [0.25, 0.3) is 0 Å². The van der Waals surface area contributed by atoms with Crippen molar-refractivity contribution >= 4 is 17.5 Å². The zero-order valence-electron chi connectivity index (χ0n) is 21.0. The molecule has 7 fully saturated rings. The summed E-state index contributed by atoms with van der Waals surface area (Å²) >= 11 is 0. The summed E-state index contributed by atoms with van der Waals surface area (Å²) < 4.78 is 12.2. The summed E-state index contributed by atoms with van der Waals surface area (Å²) in [6.07, 6.45) is 2.99. The fourth-order valence-electron chi connectivity index (χ4n) is 9.48. The van der Waals surface area contributed by atoms with E-state index < -0.39 is 57.8 Å². The number of fused-ring (bicyclic) bond motifs is 2. The third-order valence-corrected chi connectivity index (χ3v) is 11.2. The summed E-state index contributed by atoms with van der Waals surface area (Å²) in [5.74, 6) is -4.22. The van der Waals surface area contributed by atoms with Crippen LogP contribution < -0.4 is 0 Å². The van der Waals surface area contributed by atoms with Gasteiger partial charge in [0.15, 0.2) is 5.78 Å². The van der Waals surface area contributed by atoms with E-state index in [2.05, 4.69) is 13.5 Å². The fraction of sp³-hybridized carbons (Fsp3) is 0.821. The van der Waals surface area contributed by atoms with E-state index in [0.717, 1.165) is 25.7 Å². The molecule has 2 spiro atoms. The van der Waals surface area contributed by atoms with E-state index in [4.69, 9.17) is 9.47 Å². The lowest BCUT2D eigenvalue weighted by Gasteiger charge is -2.73. The number of ether oxygens (including phenoxy) is 2. The molecule has 0 aromatic carbocycles. The first kappa shape index (κ1) is 23.8. The Balaban J connectivity index is 1.48. The maximum Gasteiger partial charge on any atom is 0.309 e. The van der Waals surface area contributed by atoms with Gasteiger partial charge < -0.3 is 19.7 Å². The molecule has 0 aromatic rings. The minimum absolute atomic E-state index is 0.0119. The van der Waals surface area contributed by atoms with Crippen LogP contribution in [0, 0.1) is 45.8 Å². The zero-order valence-corrected chi connectivity index (χ0v) is 21.0. The van der Waals surface area contributed by atoms with Gasteiger partial charge in [0, 0.05) is 18.3 Å². The van der Waals surface area contributed by atoms with Crippen molar-refractivity contribution in [3.8, 4) is 0 Å². The molecule has 2 heterocycles. The predicted molar refractivity (Wildman–Crippen MR) is 125 cm³/mol. The smallest absolute Gasteiger partial charge is 0.309 e. The Morgan fingerprint density at radius 3 is 2.49 bits per heavy atom. The van der Waals surface area contributed by atoms with Crippen LogP contribution in [-0.2, 0) is 23.9 Å². The lowest BCUT2D eigenvalue weighted by molar-refractivity contribution is -0.437. The van der Waals surface area contributed by atoms with Crippen molar-refractivity contribution in [3.63, 3.8) is 0 Å². The number of esters is 1. The molecule has 0 unspecified atom stereocenters. The van der Waals surface area contributed by atoms with Gasteiger partial charge in [0.2, 0.25) is 5.79 Å². The SMILES string of the molecule is C=C1C(=O)[C@]23[C@H](OC(=O)C4CCC(C)CC4)[C@H]1CC[C@H]2[C@@]12CO[C@@]3(O)[C@@H](O)[C@@H]1C(C)(C)CCC2=O. The molecular formula is C28H38O7. The highest BCUT2D eigenvalue weighted by Crippen LogP contribution is 2.76. The highest BCUT2D eigenvalue weighted by Gasteiger charge is 2.88. The number of carbonyl (C=O) groups excluding carboxylic acids is 3. The van der Waals surface area contributed by atoms with Crippen molar-refractivity contribution < 1.29 is 34.1 Å². The molecule has 7 heteroatoms. The Morgan fingerprint density at radius 2 is 1.80 bits per heavy atom. The van der Waals surface area contributed by atoms with Gasteiger partial charge in [-0.1, -0.05) is 27.4 Å². The highest BCUT2D eigenvalue weighted by molar-refractivity contribution is 6.06. The third kappa shape index (κ3) is 2.60. The highest BCUT2D eigenvalue weighted by atomic mass is 16.6. The van der Waals surface area contributed by atoms with Crippen LogP contribution in [0.5, 0.6) is 0 Å². The minimum atomic E-state index is -2.24. The van der Waals surface area contributed by atoms with Gasteiger partial charge in [-0.05, 0) is 67.8 Å². The van der Waals surface area contributed by atoms with Crippen LogP contribution in [-0.4, -0.2) is 52.4 Å². The summed E-state index contributed by atoms with van der Waals surface area (Å²) in [5.41, 5.74) is -2.91. The molecule has 0 aromatic heterocycles. The van der Waals surface area contributed by atoms with E-state index in [1.165, 1.54) is 0 Å². The second-order valence-electron chi connectivity index (χ2n) is 13.1. The largest absolute Gasteiger partial charge is 0.460 e. The number of carbonyl (C=O) groups is 3. The van der Waals surface area contributed by atoms with Gasteiger partial charge >= 0.3 is 5.97 Å². The van der Waals surface area contributed by atoms with Gasteiger partial charge in [-0.2, -0.15) is 0 Å². The number of aliphatic hydroxyl groups is 2. The Morgan fingerprint density at radius 1 is 1.11 bits per heavy atom. The van der Waals surface area contributed by atoms with Gasteiger partial charge in [-0.15, -0.1) is 0 Å². The monoisotopic (exact) mass is 486 g/mol. The van der Waals surface area contributed by atoms with E-state index in [1.807, 2.05) is 13.8 Å². The van der Waals surface area contributed by atoms with Crippen LogP contribution in [0.1, 0.15) is 72.1 Å². The maximum atomic E-state index is 14.1. The van der Waals surface area contributed by atoms with Crippen molar-refractivity contribution in [1.29, 1.82) is 0 Å². The van der Waals surface area contributed by atoms with Gasteiger partial charge in [-0.25, -0.2) is 0 Å². The van der Waals surface area contributed by atoms with Crippen LogP contribution in [0.3, 0.4) is 0 Å². The molecule has 2 N–H and O–H groups in total. The Kier molecular flexibility index (Phi) is 4.94. The topological polar surface area (TPSA) is 110 Å². The van der Waals surface area contributed by atoms with Crippen molar-refractivity contribution in [3.05, 3.63) is 12.2 Å². The molecule has 35 heavy (non-hydrogen) atoms. The van der Waals surface area contributed by atoms with Crippen molar-refractivity contribution in [1.82, 2.24) is 0 Å². The van der Waals surface area contributed by atoms with Crippen molar-refractivity contribution in [2.75, 3.05) is 6.61 Å². The first-order chi connectivity index (χ1) is 16.4. The van der Waals surface area contributed by atoms with Crippen LogP contribution in [0.4, 0.5) is 0 Å². The Bertz CT molecular complexity index is 1010. The van der Waals surface area contributed by atoms with Gasteiger partial charge in [0.1, 0.15) is 23.4 Å². The predicted octanol–water partition coefficient (Wildman–Crippen LogP) is 2.96. The molecule has 2 aliphatic heterocycles. The first-order valence-electron chi connectivity index (χ1n) is 13.4. The molecule has 8 atom stereocenters. The maximum absolute atomic E-state index is 14.1. The summed E-state index contributed by atoms with van der Waals surface area (Å²) in [5, 5.41) is 23.9. The first-order valence-corrected chi connectivity index (χ1v) is 13.4. The lowest BCUT2D eigenvalue weighted by atomic mass is 9.36. The summed E-state index contributed by atoms with van der Waals surface area (Å²) in [6.45, 7) is 10.3. The van der Waals surface area contributed by atoms with E-state index in [-0.39, 0.29) is 24.3 Å². The van der Waals surface area contributed by atoms with Crippen molar-refractivity contribution in [2.45, 2.75) is 90.1 Å². The van der Waals surface area contributed by atoms with Crippen LogP contribution >= 0.6 is 0 Å². The molecule has 0 amide bonds. The van der Waals surface area contributed by atoms with Gasteiger partial charge in [0.25, 0.3) is 0 Å². The second kappa shape index (κ2) is 7.26. The molecular weight excluding hydrogens is 448 g/mol. The van der Waals surface area contributed by atoms with Crippen LogP contribution in [0.2, 0.25) is 0 Å². The molecule has 2 saturated heterocycles. The Hall–Kier alpha value is -1.57. The molecule has 192 valence electrons. The van der Waals surface area contributed by atoms with Crippen molar-refractivity contribution in [2.24, 2.45) is 45.8 Å². The van der Waals surface area contributed by atoms with Gasteiger partial charge in [0.05, 0.1) is 17.9 Å². The van der Waals surface area contributed by atoms with Gasteiger partial charge in [-0.3, -0.25) is 14.4 Å². The summed E-state index contributed by atoms with van der Waals surface area (Å²) in [6, 6.07) is 0. The minimum Gasteiger partial charge on any atom is -0.460 e. The Labute approximate surface area is 206 Å². The summed E-state index contributed by atoms with van der Waals surface area (Å²) in [7, 11) is 0. The van der Waals surface area contributed by atoms with E-state index in [9.17, 15) is 24.6 Å². The quantitative estimate of drug-likeness (QED) is 0.456. The lowest BCUT2D eigenvalue weighted by Crippen LogP contribution is -2.85. The zero-order chi connectivity index (χ0) is 25.1. The fourth-order valence-corrected chi connectivity index (χ4v) is 9.48. The number of ketones is 2. The number of hydrogen-bond donors (Lipinski definition) is 2. The third-order valence-electron chi connectivity index (χ3n) is 11.2. The number of aliphatic hydroxyl groups excluding tert-OH is 1. The molecule has 7 rings (SSSR count). The standard InChI is InChI=1S/C28H38O7/c1-14-5-7-16(8-6-14)24(32)35-23-17-9-10-18-26-13-34-28(33,27(18,23)21(30)15(17)2)22(31)20(26)25(3,4)12-11-19(26)29/h14,16-18,20,22-23,31,33H,2,5-13H2,1,3-4H3/t14?,16?,17-,18-,20+,22-,23+,26+,27-,28-/m0/s1. The second-order valence-corrected chi connectivity index (χ2v) is 13.1. The summed E-state index contributed by atoms with van der Waals surface area (Å²) in [4.78, 5) is 41.2. The van der Waals surface area contributed by atoms with E-state index in [0.29, 0.717) is 37.2 Å².